The molecule has 1 aromatic rings. The molecule has 1 aliphatic rings. The molecule has 1 aliphatic heterocycles. The molecule has 5 nitrogen and oxygen atoms in total. The van der Waals surface area contributed by atoms with Crippen molar-refractivity contribution in [1.82, 2.24) is 10.2 Å². The Hall–Kier alpha value is -1.69. The normalized spacial score (nSPS) is 19.5. The summed E-state index contributed by atoms with van der Waals surface area (Å²) in [6, 6.07) is 7.42. The highest BCUT2D eigenvalue weighted by Gasteiger charge is 2.25. The highest BCUT2D eigenvalue weighted by atomic mass is 32.2. The number of piperidine rings is 1. The molecule has 22 heavy (non-hydrogen) atoms. The minimum Gasteiger partial charge on any atom is -0.352 e. The molecule has 120 valence electrons. The number of rotatable bonds is 4. The SMILES string of the molecule is CC(=O)N[C@H]1CCCN(C(=O)C[S@](=O)c2cccc(C)c2)C1. The van der Waals surface area contributed by atoms with Gasteiger partial charge in [-0.3, -0.25) is 13.8 Å². The highest BCUT2D eigenvalue weighted by Crippen LogP contribution is 2.13. The number of amides is 2. The third-order valence-electron chi connectivity index (χ3n) is 3.69. The Bertz CT molecular complexity index is 589. The van der Waals surface area contributed by atoms with Crippen molar-refractivity contribution >= 4 is 22.6 Å². The van der Waals surface area contributed by atoms with Crippen molar-refractivity contribution in [3.05, 3.63) is 29.8 Å². The average molecular weight is 322 g/mol. The fraction of sp³-hybridized carbons (Fsp3) is 0.500. The fourth-order valence-electron chi connectivity index (χ4n) is 2.65. The summed E-state index contributed by atoms with van der Waals surface area (Å²) in [6.45, 7) is 4.59. The second-order valence-corrected chi connectivity index (χ2v) is 7.14. The summed E-state index contributed by atoms with van der Waals surface area (Å²) in [4.78, 5) is 25.8. The lowest BCUT2D eigenvalue weighted by molar-refractivity contribution is -0.130. The van der Waals surface area contributed by atoms with Gasteiger partial charge in [0.2, 0.25) is 11.8 Å². The maximum atomic E-state index is 12.3. The van der Waals surface area contributed by atoms with E-state index in [2.05, 4.69) is 5.32 Å². The van der Waals surface area contributed by atoms with Gasteiger partial charge in [0.15, 0.2) is 0 Å². The number of nitrogens with one attached hydrogen (secondary N) is 1. The minimum atomic E-state index is -1.33. The molecule has 0 saturated carbocycles. The lowest BCUT2D eigenvalue weighted by Gasteiger charge is -2.33. The molecular formula is C16H22N2O3S. The first-order valence-electron chi connectivity index (χ1n) is 7.45. The molecule has 2 atom stereocenters. The van der Waals surface area contributed by atoms with E-state index in [-0.39, 0.29) is 23.6 Å². The lowest BCUT2D eigenvalue weighted by atomic mass is 10.1. The second kappa shape index (κ2) is 7.54. The number of benzene rings is 1. The van der Waals surface area contributed by atoms with Crippen LogP contribution in [-0.4, -0.2) is 45.8 Å². The number of hydrogen-bond donors (Lipinski definition) is 1. The van der Waals surface area contributed by atoms with Gasteiger partial charge < -0.3 is 10.2 Å². The molecular weight excluding hydrogens is 300 g/mol. The van der Waals surface area contributed by atoms with Crippen LogP contribution in [0.25, 0.3) is 0 Å². The van der Waals surface area contributed by atoms with Gasteiger partial charge in [0.25, 0.3) is 0 Å². The first-order chi connectivity index (χ1) is 10.5. The smallest absolute Gasteiger partial charge is 0.235 e. The van der Waals surface area contributed by atoms with Crippen molar-refractivity contribution in [3.8, 4) is 0 Å². The molecule has 1 heterocycles. The summed E-state index contributed by atoms with van der Waals surface area (Å²) in [5.41, 5.74) is 1.03. The van der Waals surface area contributed by atoms with E-state index in [1.165, 1.54) is 6.92 Å². The average Bonchev–Trinajstić information content (AvgIpc) is 2.46. The van der Waals surface area contributed by atoms with Gasteiger partial charge in [-0.1, -0.05) is 12.1 Å². The van der Waals surface area contributed by atoms with Crippen molar-refractivity contribution in [2.24, 2.45) is 0 Å². The predicted octanol–water partition coefficient (Wildman–Crippen LogP) is 1.23. The van der Waals surface area contributed by atoms with Gasteiger partial charge in [0.1, 0.15) is 5.75 Å². The predicted molar refractivity (Wildman–Crippen MR) is 85.9 cm³/mol. The summed E-state index contributed by atoms with van der Waals surface area (Å²) in [5.74, 6) is -0.200. The number of likely N-dealkylation sites (tertiary alicyclic amines) is 1. The zero-order valence-electron chi connectivity index (χ0n) is 13.0. The van der Waals surface area contributed by atoms with Crippen LogP contribution in [0.15, 0.2) is 29.2 Å². The molecule has 6 heteroatoms. The lowest BCUT2D eigenvalue weighted by Crippen LogP contribution is -2.50. The van der Waals surface area contributed by atoms with Crippen molar-refractivity contribution in [2.45, 2.75) is 37.6 Å². The molecule has 0 radical (unpaired) electrons. The Kier molecular flexibility index (Phi) is 5.71. The number of nitrogens with zero attached hydrogens (tertiary/aromatic N) is 1. The van der Waals surface area contributed by atoms with Crippen LogP contribution in [0.2, 0.25) is 0 Å². The van der Waals surface area contributed by atoms with Gasteiger partial charge >= 0.3 is 0 Å². The van der Waals surface area contributed by atoms with E-state index < -0.39 is 10.8 Å². The first kappa shape index (κ1) is 16.7. The molecule has 0 aliphatic carbocycles. The van der Waals surface area contributed by atoms with Gasteiger partial charge in [-0.15, -0.1) is 0 Å². The Balaban J connectivity index is 1.93. The topological polar surface area (TPSA) is 66.5 Å². The van der Waals surface area contributed by atoms with Gasteiger partial charge in [-0.05, 0) is 37.5 Å². The van der Waals surface area contributed by atoms with Crippen LogP contribution in [-0.2, 0) is 20.4 Å². The third kappa shape index (κ3) is 4.66. The van der Waals surface area contributed by atoms with Crippen LogP contribution in [0.3, 0.4) is 0 Å². The van der Waals surface area contributed by atoms with Crippen LogP contribution in [0.5, 0.6) is 0 Å². The minimum absolute atomic E-state index is 0.00241. The van der Waals surface area contributed by atoms with Gasteiger partial charge in [0.05, 0.1) is 10.8 Å². The maximum absolute atomic E-state index is 12.3. The summed E-state index contributed by atoms with van der Waals surface area (Å²) < 4.78 is 12.3. The standard InChI is InChI=1S/C16H22N2O3S/c1-12-5-3-7-15(9-12)22(21)11-16(20)18-8-4-6-14(10-18)17-13(2)19/h3,5,7,9,14H,4,6,8,10-11H2,1-2H3,(H,17,19)/t14-,22-/m0/s1. The van der Waals surface area contributed by atoms with Crippen molar-refractivity contribution in [1.29, 1.82) is 0 Å². The second-order valence-electron chi connectivity index (χ2n) is 5.69. The fourth-order valence-corrected chi connectivity index (χ4v) is 3.77. The first-order valence-corrected chi connectivity index (χ1v) is 8.77. The van der Waals surface area contributed by atoms with E-state index >= 15 is 0 Å². The van der Waals surface area contributed by atoms with E-state index in [0.717, 1.165) is 18.4 Å². The summed E-state index contributed by atoms with van der Waals surface area (Å²) >= 11 is 0. The molecule has 1 saturated heterocycles. The zero-order chi connectivity index (χ0) is 16.1. The van der Waals surface area contributed by atoms with Gasteiger partial charge in [-0.25, -0.2) is 0 Å². The molecule has 0 spiro atoms. The van der Waals surface area contributed by atoms with E-state index in [0.29, 0.717) is 18.0 Å². The zero-order valence-corrected chi connectivity index (χ0v) is 13.8. The van der Waals surface area contributed by atoms with Crippen LogP contribution >= 0.6 is 0 Å². The van der Waals surface area contributed by atoms with E-state index in [1.807, 2.05) is 25.1 Å². The number of carbonyl (C=O) groups excluding carboxylic acids is 2. The summed E-state index contributed by atoms with van der Waals surface area (Å²) in [5, 5.41) is 2.85. The number of hydrogen-bond acceptors (Lipinski definition) is 3. The molecule has 0 aromatic heterocycles. The Morgan fingerprint density at radius 3 is 2.86 bits per heavy atom. The Morgan fingerprint density at radius 1 is 1.41 bits per heavy atom. The molecule has 1 N–H and O–H groups in total. The Morgan fingerprint density at radius 2 is 2.18 bits per heavy atom. The van der Waals surface area contributed by atoms with Gasteiger partial charge in [0, 0.05) is 31.0 Å². The number of aryl methyl sites for hydroxylation is 1. The van der Waals surface area contributed by atoms with E-state index in [1.54, 1.807) is 11.0 Å². The third-order valence-corrected chi connectivity index (χ3v) is 4.98. The van der Waals surface area contributed by atoms with Crippen molar-refractivity contribution < 1.29 is 13.8 Å². The largest absolute Gasteiger partial charge is 0.352 e. The molecule has 0 unspecified atom stereocenters. The van der Waals surface area contributed by atoms with Crippen LogP contribution in [0.1, 0.15) is 25.3 Å². The van der Waals surface area contributed by atoms with Crippen LogP contribution in [0, 0.1) is 6.92 Å². The quantitative estimate of drug-likeness (QED) is 0.907. The molecule has 1 aromatic carbocycles. The molecule has 2 amide bonds. The van der Waals surface area contributed by atoms with Crippen LogP contribution < -0.4 is 5.32 Å². The summed E-state index contributed by atoms with van der Waals surface area (Å²) in [7, 11) is -1.33. The van der Waals surface area contributed by atoms with Gasteiger partial charge in [-0.2, -0.15) is 0 Å². The molecule has 2 rings (SSSR count). The molecule has 1 fully saturated rings. The maximum Gasteiger partial charge on any atom is 0.235 e. The summed E-state index contributed by atoms with van der Waals surface area (Å²) in [6.07, 6.45) is 1.73. The van der Waals surface area contributed by atoms with Crippen molar-refractivity contribution in [2.75, 3.05) is 18.8 Å². The number of carbonyl (C=O) groups is 2. The van der Waals surface area contributed by atoms with E-state index in [4.69, 9.17) is 0 Å². The Labute approximate surface area is 133 Å². The highest BCUT2D eigenvalue weighted by molar-refractivity contribution is 7.85. The van der Waals surface area contributed by atoms with Crippen molar-refractivity contribution in [3.63, 3.8) is 0 Å². The molecule has 0 bridgehead atoms. The monoisotopic (exact) mass is 322 g/mol. The van der Waals surface area contributed by atoms with Crippen LogP contribution in [0.4, 0.5) is 0 Å². The van der Waals surface area contributed by atoms with E-state index in [9.17, 15) is 13.8 Å².